The molecular formula is C21H21NO. The first kappa shape index (κ1) is 15.4. The van der Waals surface area contributed by atoms with Crippen molar-refractivity contribution in [2.75, 3.05) is 0 Å². The zero-order valence-corrected chi connectivity index (χ0v) is 13.5. The van der Waals surface area contributed by atoms with Crippen molar-refractivity contribution < 1.29 is 5.11 Å². The van der Waals surface area contributed by atoms with Crippen molar-refractivity contribution in [3.05, 3.63) is 83.9 Å². The topological polar surface area (TPSA) is 32.6 Å². The third-order valence-electron chi connectivity index (χ3n) is 4.14. The molecule has 1 N–H and O–H groups in total. The van der Waals surface area contributed by atoms with Crippen LogP contribution >= 0.6 is 0 Å². The van der Waals surface area contributed by atoms with Crippen molar-refractivity contribution in [1.82, 2.24) is 0 Å². The molecule has 2 heteroatoms. The van der Waals surface area contributed by atoms with Crippen molar-refractivity contribution in [2.45, 2.75) is 25.5 Å². The number of hydrogen-bond acceptors (Lipinski definition) is 2. The Morgan fingerprint density at radius 2 is 1.52 bits per heavy atom. The van der Waals surface area contributed by atoms with Gasteiger partial charge < -0.3 is 5.11 Å². The Bertz CT molecular complexity index is 816. The number of benzene rings is 3. The zero-order valence-electron chi connectivity index (χ0n) is 13.5. The summed E-state index contributed by atoms with van der Waals surface area (Å²) in [4.78, 5) is 4.68. The van der Waals surface area contributed by atoms with Crippen LogP contribution in [0.1, 0.15) is 31.1 Å². The standard InChI is InChI=1S/C21H21NO/c1-21(2,20(23)17-10-4-3-5-11-17)22-15-18-13-8-12-16-9-6-7-14-19(16)18/h3-15,20,23H,1-2H3. The molecule has 1 atom stereocenters. The first-order valence-corrected chi connectivity index (χ1v) is 7.84. The molecule has 0 heterocycles. The van der Waals surface area contributed by atoms with Gasteiger partial charge in [-0.05, 0) is 30.2 Å². The largest absolute Gasteiger partial charge is 0.386 e. The Morgan fingerprint density at radius 1 is 0.870 bits per heavy atom. The molecule has 0 amide bonds. The summed E-state index contributed by atoms with van der Waals surface area (Å²) in [5.74, 6) is 0. The van der Waals surface area contributed by atoms with Gasteiger partial charge in [0.15, 0.2) is 0 Å². The van der Waals surface area contributed by atoms with Crippen LogP contribution in [0.15, 0.2) is 77.8 Å². The Labute approximate surface area is 137 Å². The minimum absolute atomic E-state index is 0.599. The molecular weight excluding hydrogens is 282 g/mol. The van der Waals surface area contributed by atoms with Crippen LogP contribution < -0.4 is 0 Å². The van der Waals surface area contributed by atoms with Gasteiger partial charge in [-0.1, -0.05) is 72.8 Å². The molecule has 3 rings (SSSR count). The molecule has 0 aliphatic carbocycles. The van der Waals surface area contributed by atoms with E-state index in [1.807, 2.05) is 68.6 Å². The number of fused-ring (bicyclic) bond motifs is 1. The fourth-order valence-corrected chi connectivity index (χ4v) is 2.71. The molecule has 2 nitrogen and oxygen atoms in total. The maximum atomic E-state index is 10.6. The summed E-state index contributed by atoms with van der Waals surface area (Å²) >= 11 is 0. The lowest BCUT2D eigenvalue weighted by Gasteiger charge is -2.26. The van der Waals surface area contributed by atoms with Gasteiger partial charge in [-0.15, -0.1) is 0 Å². The molecule has 0 aliphatic heterocycles. The van der Waals surface area contributed by atoms with Crippen molar-refractivity contribution in [3.63, 3.8) is 0 Å². The monoisotopic (exact) mass is 303 g/mol. The predicted molar refractivity (Wildman–Crippen MR) is 97.0 cm³/mol. The molecule has 0 saturated carbocycles. The zero-order chi connectivity index (χ0) is 16.3. The average molecular weight is 303 g/mol. The van der Waals surface area contributed by atoms with Crippen LogP contribution in [-0.2, 0) is 0 Å². The number of aliphatic hydroxyl groups excluding tert-OH is 1. The first-order valence-electron chi connectivity index (χ1n) is 7.84. The van der Waals surface area contributed by atoms with Crippen molar-refractivity contribution in [3.8, 4) is 0 Å². The van der Waals surface area contributed by atoms with E-state index in [4.69, 9.17) is 0 Å². The second kappa shape index (κ2) is 6.35. The smallest absolute Gasteiger partial charge is 0.104 e. The van der Waals surface area contributed by atoms with Gasteiger partial charge in [-0.25, -0.2) is 0 Å². The number of nitrogens with zero attached hydrogens (tertiary/aromatic N) is 1. The van der Waals surface area contributed by atoms with E-state index in [9.17, 15) is 5.11 Å². The second-order valence-electron chi connectivity index (χ2n) is 6.29. The van der Waals surface area contributed by atoms with Gasteiger partial charge in [0, 0.05) is 11.8 Å². The summed E-state index contributed by atoms with van der Waals surface area (Å²) in [5.41, 5.74) is 1.35. The molecule has 1 unspecified atom stereocenters. The summed E-state index contributed by atoms with van der Waals surface area (Å²) in [6.45, 7) is 3.90. The SMILES string of the molecule is CC(C)(N=Cc1cccc2ccccc12)C(O)c1ccccc1. The Hall–Kier alpha value is -2.45. The highest BCUT2D eigenvalue weighted by molar-refractivity contribution is 5.99. The van der Waals surface area contributed by atoms with Gasteiger partial charge in [0.25, 0.3) is 0 Å². The molecule has 3 aromatic carbocycles. The molecule has 0 radical (unpaired) electrons. The molecule has 3 aromatic rings. The van der Waals surface area contributed by atoms with E-state index in [1.165, 1.54) is 10.8 Å². The lowest BCUT2D eigenvalue weighted by atomic mass is 9.92. The maximum Gasteiger partial charge on any atom is 0.104 e. The van der Waals surface area contributed by atoms with E-state index >= 15 is 0 Å². The normalized spacial score (nSPS) is 13.5. The molecule has 0 bridgehead atoms. The van der Waals surface area contributed by atoms with E-state index in [0.29, 0.717) is 0 Å². The quantitative estimate of drug-likeness (QED) is 0.692. The summed E-state index contributed by atoms with van der Waals surface area (Å²) < 4.78 is 0. The van der Waals surface area contributed by atoms with Crippen molar-refractivity contribution >= 4 is 17.0 Å². The molecule has 23 heavy (non-hydrogen) atoms. The highest BCUT2D eigenvalue weighted by Crippen LogP contribution is 2.29. The first-order chi connectivity index (χ1) is 11.1. The van der Waals surface area contributed by atoms with Gasteiger partial charge in [0.05, 0.1) is 5.54 Å². The van der Waals surface area contributed by atoms with Gasteiger partial charge in [0.1, 0.15) is 6.10 Å². The summed E-state index contributed by atoms with van der Waals surface area (Å²) in [6.07, 6.45) is 1.23. The third-order valence-corrected chi connectivity index (χ3v) is 4.14. The molecule has 0 saturated heterocycles. The summed E-state index contributed by atoms with van der Waals surface area (Å²) in [6, 6.07) is 24.1. The Morgan fingerprint density at radius 3 is 2.30 bits per heavy atom. The van der Waals surface area contributed by atoms with Crippen LogP contribution in [0.25, 0.3) is 10.8 Å². The highest BCUT2D eigenvalue weighted by Gasteiger charge is 2.27. The lowest BCUT2D eigenvalue weighted by Crippen LogP contribution is -2.27. The Kier molecular flexibility index (Phi) is 4.26. The van der Waals surface area contributed by atoms with E-state index < -0.39 is 11.6 Å². The minimum Gasteiger partial charge on any atom is -0.386 e. The number of aliphatic imine (C=N–C) groups is 1. The fourth-order valence-electron chi connectivity index (χ4n) is 2.71. The molecule has 0 aromatic heterocycles. The molecule has 0 spiro atoms. The lowest BCUT2D eigenvalue weighted by molar-refractivity contribution is 0.106. The predicted octanol–water partition coefficient (Wildman–Crippen LogP) is 4.77. The maximum absolute atomic E-state index is 10.6. The minimum atomic E-state index is -0.644. The molecule has 116 valence electrons. The second-order valence-corrected chi connectivity index (χ2v) is 6.29. The fraction of sp³-hybridized carbons (Fsp3) is 0.190. The number of aliphatic hydroxyl groups is 1. The third kappa shape index (κ3) is 3.33. The Balaban J connectivity index is 1.91. The van der Waals surface area contributed by atoms with Crippen LogP contribution in [0.4, 0.5) is 0 Å². The van der Waals surface area contributed by atoms with E-state index in [2.05, 4.69) is 29.3 Å². The van der Waals surface area contributed by atoms with Gasteiger partial charge in [-0.3, -0.25) is 4.99 Å². The van der Waals surface area contributed by atoms with Crippen LogP contribution in [0.5, 0.6) is 0 Å². The van der Waals surface area contributed by atoms with Gasteiger partial charge in [-0.2, -0.15) is 0 Å². The number of hydrogen-bond donors (Lipinski definition) is 1. The summed E-state index contributed by atoms with van der Waals surface area (Å²) in [7, 11) is 0. The van der Waals surface area contributed by atoms with Crippen LogP contribution in [0.2, 0.25) is 0 Å². The average Bonchev–Trinajstić information content (AvgIpc) is 2.60. The highest BCUT2D eigenvalue weighted by atomic mass is 16.3. The van der Waals surface area contributed by atoms with E-state index in [0.717, 1.165) is 11.1 Å². The molecule has 0 fully saturated rings. The van der Waals surface area contributed by atoms with Crippen LogP contribution in [0.3, 0.4) is 0 Å². The van der Waals surface area contributed by atoms with Gasteiger partial charge in [0.2, 0.25) is 0 Å². The van der Waals surface area contributed by atoms with E-state index in [-0.39, 0.29) is 0 Å². The van der Waals surface area contributed by atoms with Crippen LogP contribution in [-0.4, -0.2) is 16.9 Å². The van der Waals surface area contributed by atoms with Crippen molar-refractivity contribution in [1.29, 1.82) is 0 Å². The molecule has 0 aliphatic rings. The number of rotatable bonds is 4. The van der Waals surface area contributed by atoms with Crippen LogP contribution in [0, 0.1) is 0 Å². The summed E-state index contributed by atoms with van der Waals surface area (Å²) in [5, 5.41) is 13.0. The van der Waals surface area contributed by atoms with E-state index in [1.54, 1.807) is 0 Å². The van der Waals surface area contributed by atoms with Gasteiger partial charge >= 0.3 is 0 Å². The van der Waals surface area contributed by atoms with Crippen molar-refractivity contribution in [2.24, 2.45) is 4.99 Å².